The summed E-state index contributed by atoms with van der Waals surface area (Å²) in [5, 5.41) is 2.77. The summed E-state index contributed by atoms with van der Waals surface area (Å²) in [6, 6.07) is 4.77. The van der Waals surface area contributed by atoms with Crippen LogP contribution in [-0.4, -0.2) is 27.9 Å². The van der Waals surface area contributed by atoms with E-state index in [0.717, 1.165) is 0 Å². The van der Waals surface area contributed by atoms with Crippen molar-refractivity contribution in [2.75, 3.05) is 13.7 Å². The number of hydrogen-bond acceptors (Lipinski definition) is 4. The lowest BCUT2D eigenvalue weighted by Crippen LogP contribution is -2.23. The van der Waals surface area contributed by atoms with E-state index in [1.54, 1.807) is 12.1 Å². The largest absolute Gasteiger partial charge is 0.496 e. The first kappa shape index (κ1) is 11.5. The molecule has 17 heavy (non-hydrogen) atoms. The normalized spacial score (nSPS) is 15.6. The van der Waals surface area contributed by atoms with Gasteiger partial charge < -0.3 is 10.1 Å². The second-order valence-corrected chi connectivity index (χ2v) is 4.88. The van der Waals surface area contributed by atoms with Crippen molar-refractivity contribution in [1.82, 2.24) is 5.32 Å². The van der Waals surface area contributed by atoms with Gasteiger partial charge in [-0.2, -0.15) is 8.42 Å². The van der Waals surface area contributed by atoms with Crippen LogP contribution >= 0.6 is 0 Å². The van der Waals surface area contributed by atoms with E-state index < -0.39 is 10.0 Å². The zero-order valence-electron chi connectivity index (χ0n) is 9.10. The Hall–Kier alpha value is -2.00. The molecule has 0 bridgehead atoms. The quantitative estimate of drug-likeness (QED) is 0.770. The molecule has 1 aromatic rings. The van der Waals surface area contributed by atoms with Gasteiger partial charge in [0.2, 0.25) is 0 Å². The lowest BCUT2D eigenvalue weighted by atomic mass is 10.2. The summed E-state index contributed by atoms with van der Waals surface area (Å²) in [4.78, 5) is 0.136. The predicted octanol–water partition coefficient (Wildman–Crippen LogP) is 0.367. The number of hydrogen-bond donors (Lipinski definition) is 1. The Balaban J connectivity index is 2.59. The number of sulfonamides is 1. The summed E-state index contributed by atoms with van der Waals surface area (Å²) in [5.41, 5.74) is 0.435. The van der Waals surface area contributed by atoms with Gasteiger partial charge in [0.05, 0.1) is 19.2 Å². The van der Waals surface area contributed by atoms with E-state index in [-0.39, 0.29) is 17.3 Å². The average Bonchev–Trinajstić information content (AvgIpc) is 2.58. The number of nitrogens with zero attached hydrogens (tertiary/aromatic N) is 1. The summed E-state index contributed by atoms with van der Waals surface area (Å²) in [5.74, 6) is 3.05. The second kappa shape index (κ2) is 4.11. The van der Waals surface area contributed by atoms with Crippen LogP contribution in [0.1, 0.15) is 5.56 Å². The number of terminal acetylenes is 1. The van der Waals surface area contributed by atoms with Crippen LogP contribution in [-0.2, 0) is 10.0 Å². The van der Waals surface area contributed by atoms with Crippen LogP contribution in [0.4, 0.5) is 0 Å². The van der Waals surface area contributed by atoms with Gasteiger partial charge in [0, 0.05) is 0 Å². The van der Waals surface area contributed by atoms with Crippen molar-refractivity contribution < 1.29 is 13.2 Å². The van der Waals surface area contributed by atoms with Crippen LogP contribution in [0.25, 0.3) is 0 Å². The molecule has 1 N–H and O–H groups in total. The van der Waals surface area contributed by atoms with Crippen molar-refractivity contribution >= 4 is 15.9 Å². The molecule has 0 saturated carbocycles. The highest BCUT2D eigenvalue weighted by molar-refractivity contribution is 7.90. The second-order valence-electron chi connectivity index (χ2n) is 3.31. The zero-order valence-corrected chi connectivity index (χ0v) is 9.91. The standard InChI is InChI=1S/C11H10N2O3S/c1-3-7-12-11-10-8(16-2)5-4-6-9(10)17(14,15)13-11/h1,4-6H,7H2,2H3,(H,12,13). The lowest BCUT2D eigenvalue weighted by Gasteiger charge is -2.08. The maximum atomic E-state index is 11.8. The number of nitrogens with one attached hydrogen (secondary N) is 1. The first-order valence-corrected chi connectivity index (χ1v) is 6.24. The highest BCUT2D eigenvalue weighted by Gasteiger charge is 2.31. The van der Waals surface area contributed by atoms with E-state index in [1.807, 2.05) is 0 Å². The fraction of sp³-hybridized carbons (Fsp3) is 0.182. The summed E-state index contributed by atoms with van der Waals surface area (Å²) in [6.45, 7) is 0.200. The highest BCUT2D eigenvalue weighted by Crippen LogP contribution is 2.32. The van der Waals surface area contributed by atoms with Gasteiger partial charge in [0.15, 0.2) is 5.84 Å². The molecule has 88 valence electrons. The fourth-order valence-electron chi connectivity index (χ4n) is 1.60. The van der Waals surface area contributed by atoms with E-state index in [4.69, 9.17) is 11.2 Å². The minimum Gasteiger partial charge on any atom is -0.496 e. The van der Waals surface area contributed by atoms with Crippen LogP contribution in [0.2, 0.25) is 0 Å². The van der Waals surface area contributed by atoms with Crippen LogP contribution in [0.5, 0.6) is 5.75 Å². The van der Waals surface area contributed by atoms with Gasteiger partial charge in [-0.05, 0) is 12.1 Å². The van der Waals surface area contributed by atoms with Crippen molar-refractivity contribution in [3.63, 3.8) is 0 Å². The Labute approximate surface area is 99.6 Å². The maximum absolute atomic E-state index is 11.8. The molecular weight excluding hydrogens is 240 g/mol. The summed E-state index contributed by atoms with van der Waals surface area (Å²) in [7, 11) is -2.17. The summed E-state index contributed by atoms with van der Waals surface area (Å²) >= 11 is 0. The summed E-state index contributed by atoms with van der Waals surface area (Å²) in [6.07, 6.45) is 5.12. The SMILES string of the molecule is C#CCNC1=NS(=O)(=O)c2cccc(OC)c21. The van der Waals surface area contributed by atoms with Crippen molar-refractivity contribution in [2.24, 2.45) is 4.40 Å². The van der Waals surface area contributed by atoms with E-state index in [9.17, 15) is 8.42 Å². The third-order valence-corrected chi connectivity index (χ3v) is 3.61. The first-order chi connectivity index (χ1) is 8.10. The van der Waals surface area contributed by atoms with Crippen molar-refractivity contribution in [1.29, 1.82) is 0 Å². The van der Waals surface area contributed by atoms with Crippen LogP contribution in [0.3, 0.4) is 0 Å². The Morgan fingerprint density at radius 2 is 2.29 bits per heavy atom. The van der Waals surface area contributed by atoms with Gasteiger partial charge in [-0.15, -0.1) is 10.8 Å². The van der Waals surface area contributed by atoms with Crippen LogP contribution < -0.4 is 10.1 Å². The van der Waals surface area contributed by atoms with Crippen LogP contribution in [0.15, 0.2) is 27.5 Å². The van der Waals surface area contributed by atoms with Crippen LogP contribution in [0, 0.1) is 12.3 Å². The number of ether oxygens (including phenoxy) is 1. The third-order valence-electron chi connectivity index (χ3n) is 2.29. The maximum Gasteiger partial charge on any atom is 0.285 e. The fourth-order valence-corrected chi connectivity index (χ4v) is 2.80. The highest BCUT2D eigenvalue weighted by atomic mass is 32.2. The van der Waals surface area contributed by atoms with E-state index >= 15 is 0 Å². The minimum atomic E-state index is -3.64. The Morgan fingerprint density at radius 1 is 1.53 bits per heavy atom. The molecule has 5 nitrogen and oxygen atoms in total. The van der Waals surface area contributed by atoms with Gasteiger partial charge in [-0.1, -0.05) is 12.0 Å². The van der Waals surface area contributed by atoms with Crippen molar-refractivity contribution in [2.45, 2.75) is 4.90 Å². The first-order valence-electron chi connectivity index (χ1n) is 4.80. The minimum absolute atomic E-state index is 0.136. The molecule has 0 amide bonds. The van der Waals surface area contributed by atoms with Gasteiger partial charge in [0.1, 0.15) is 10.6 Å². The summed E-state index contributed by atoms with van der Waals surface area (Å²) < 4.78 is 32.3. The van der Waals surface area contributed by atoms with E-state index in [0.29, 0.717) is 11.3 Å². The zero-order chi connectivity index (χ0) is 12.5. The number of fused-ring (bicyclic) bond motifs is 1. The molecular formula is C11H10N2O3S. The molecule has 1 aromatic carbocycles. The molecule has 0 radical (unpaired) electrons. The molecule has 0 unspecified atom stereocenters. The van der Waals surface area contributed by atoms with Crippen molar-refractivity contribution in [3.8, 4) is 18.1 Å². The molecule has 1 aliphatic heterocycles. The molecule has 6 heteroatoms. The van der Waals surface area contributed by atoms with Crippen molar-refractivity contribution in [3.05, 3.63) is 23.8 Å². The predicted molar refractivity (Wildman–Crippen MR) is 63.6 cm³/mol. The Kier molecular flexibility index (Phi) is 2.77. The monoisotopic (exact) mass is 250 g/mol. The molecule has 0 aromatic heterocycles. The topological polar surface area (TPSA) is 67.8 Å². The molecule has 0 aliphatic carbocycles. The number of benzene rings is 1. The Bertz CT molecular complexity index is 627. The lowest BCUT2D eigenvalue weighted by molar-refractivity contribution is 0.412. The average molecular weight is 250 g/mol. The molecule has 0 saturated heterocycles. The van der Waals surface area contributed by atoms with Gasteiger partial charge in [-0.3, -0.25) is 0 Å². The molecule has 2 rings (SSSR count). The smallest absolute Gasteiger partial charge is 0.285 e. The Morgan fingerprint density at radius 3 is 2.94 bits per heavy atom. The number of methoxy groups -OCH3 is 1. The molecule has 0 fully saturated rings. The number of rotatable bonds is 2. The molecule has 0 atom stereocenters. The van der Waals surface area contributed by atoms with Gasteiger partial charge >= 0.3 is 0 Å². The third kappa shape index (κ3) is 1.85. The van der Waals surface area contributed by atoms with Gasteiger partial charge in [-0.25, -0.2) is 0 Å². The molecule has 1 heterocycles. The van der Waals surface area contributed by atoms with E-state index in [1.165, 1.54) is 13.2 Å². The van der Waals surface area contributed by atoms with Gasteiger partial charge in [0.25, 0.3) is 10.0 Å². The number of amidine groups is 1. The molecule has 1 aliphatic rings. The molecule has 0 spiro atoms. The van der Waals surface area contributed by atoms with E-state index in [2.05, 4.69) is 15.6 Å².